The number of carbonyl (C=O) groups is 1. The lowest BCUT2D eigenvalue weighted by Gasteiger charge is -2.20. The number of anilines is 1. The molecular weight excluding hydrogens is 389 g/mol. The molecule has 0 bridgehead atoms. The highest BCUT2D eigenvalue weighted by molar-refractivity contribution is 7.86. The summed E-state index contributed by atoms with van der Waals surface area (Å²) in [5, 5.41) is 3.12. The summed E-state index contributed by atoms with van der Waals surface area (Å²) in [6.07, 6.45) is 3.12. The minimum absolute atomic E-state index is 0.105. The second-order valence-electron chi connectivity index (χ2n) is 6.23. The third-order valence-electron chi connectivity index (χ3n) is 4.30. The number of benzene rings is 2. The molecule has 1 aromatic heterocycles. The van der Waals surface area contributed by atoms with Crippen molar-refractivity contribution in [3.63, 3.8) is 0 Å². The van der Waals surface area contributed by atoms with Crippen LogP contribution in [0, 0.1) is 5.82 Å². The van der Waals surface area contributed by atoms with E-state index in [9.17, 15) is 9.18 Å². The fourth-order valence-corrected chi connectivity index (χ4v) is 3.01. The van der Waals surface area contributed by atoms with Gasteiger partial charge in [0.1, 0.15) is 17.6 Å². The van der Waals surface area contributed by atoms with Crippen LogP contribution in [0.25, 0.3) is 5.70 Å². The number of ether oxygens (including phenoxy) is 1. The van der Waals surface area contributed by atoms with Crippen molar-refractivity contribution in [1.29, 1.82) is 0 Å². The summed E-state index contributed by atoms with van der Waals surface area (Å²) < 4.78 is 18.6. The molecular formula is C22H20FN3O2S. The summed E-state index contributed by atoms with van der Waals surface area (Å²) in [7, 11) is 1.53. The summed E-state index contributed by atoms with van der Waals surface area (Å²) in [5.41, 5.74) is 8.25. The maximum absolute atomic E-state index is 13.4. The van der Waals surface area contributed by atoms with Crippen LogP contribution < -0.4 is 15.8 Å². The second-order valence-corrected chi connectivity index (χ2v) is 6.68. The van der Waals surface area contributed by atoms with Crippen molar-refractivity contribution >= 4 is 29.8 Å². The van der Waals surface area contributed by atoms with Gasteiger partial charge in [-0.1, -0.05) is 42.5 Å². The van der Waals surface area contributed by atoms with Gasteiger partial charge in [0.25, 0.3) is 0 Å². The Balaban J connectivity index is 1.99. The van der Waals surface area contributed by atoms with E-state index in [2.05, 4.69) is 22.9 Å². The number of thiol groups is 1. The fraction of sp³-hybridized carbons (Fsp3) is 0.0909. The molecule has 0 saturated heterocycles. The van der Waals surface area contributed by atoms with Gasteiger partial charge in [-0.05, 0) is 23.3 Å². The molecule has 0 radical (unpaired) electrons. The molecule has 0 aliphatic carbocycles. The van der Waals surface area contributed by atoms with E-state index in [4.69, 9.17) is 10.5 Å². The van der Waals surface area contributed by atoms with Gasteiger partial charge >= 0.3 is 0 Å². The van der Waals surface area contributed by atoms with Gasteiger partial charge in [0, 0.05) is 6.07 Å². The first-order valence-corrected chi connectivity index (χ1v) is 9.23. The molecule has 0 aliphatic rings. The minimum Gasteiger partial charge on any atom is -0.495 e. The van der Waals surface area contributed by atoms with Crippen LogP contribution in [0.3, 0.4) is 0 Å². The Labute approximate surface area is 173 Å². The van der Waals surface area contributed by atoms with Crippen molar-refractivity contribution in [2.45, 2.75) is 6.04 Å². The Kier molecular flexibility index (Phi) is 6.51. The fourth-order valence-electron chi connectivity index (χ4n) is 2.76. The highest BCUT2D eigenvalue weighted by atomic mass is 32.1. The number of aromatic nitrogens is 1. The van der Waals surface area contributed by atoms with Crippen LogP contribution >= 0.6 is 12.6 Å². The van der Waals surface area contributed by atoms with E-state index in [1.807, 2.05) is 18.2 Å². The number of nitrogens with zero attached hydrogens (tertiary/aromatic N) is 1. The summed E-state index contributed by atoms with van der Waals surface area (Å²) in [6, 6.07) is 15.6. The number of pyridine rings is 1. The zero-order valence-corrected chi connectivity index (χ0v) is 16.6. The van der Waals surface area contributed by atoms with Crippen molar-refractivity contribution < 1.29 is 13.9 Å². The molecule has 0 amide bonds. The Bertz CT molecular complexity index is 1020. The van der Waals surface area contributed by atoms with E-state index in [1.54, 1.807) is 30.6 Å². The summed E-state index contributed by atoms with van der Waals surface area (Å²) in [4.78, 5) is 17.5. The Hall–Kier alpha value is -3.32. The van der Waals surface area contributed by atoms with Crippen LogP contribution in [-0.4, -0.2) is 17.9 Å². The molecule has 0 fully saturated rings. The molecule has 0 aliphatic heterocycles. The van der Waals surface area contributed by atoms with Crippen LogP contribution in [0.1, 0.15) is 17.2 Å². The molecule has 3 aromatic rings. The van der Waals surface area contributed by atoms with Crippen LogP contribution in [0.5, 0.6) is 5.75 Å². The average molecular weight is 409 g/mol. The first kappa shape index (κ1) is 20.4. The van der Waals surface area contributed by atoms with Crippen LogP contribution in [0.4, 0.5) is 10.1 Å². The van der Waals surface area contributed by atoms with Gasteiger partial charge in [-0.2, -0.15) is 0 Å². The molecule has 7 heteroatoms. The molecule has 0 spiro atoms. The largest absolute Gasteiger partial charge is 0.495 e. The van der Waals surface area contributed by atoms with Gasteiger partial charge in [-0.3, -0.25) is 9.78 Å². The second kappa shape index (κ2) is 9.25. The topological polar surface area (TPSA) is 77.2 Å². The molecule has 1 unspecified atom stereocenters. The summed E-state index contributed by atoms with van der Waals surface area (Å²) in [5.74, 6) is -0.219. The van der Waals surface area contributed by atoms with Crippen molar-refractivity contribution in [2.75, 3.05) is 12.4 Å². The van der Waals surface area contributed by atoms with Gasteiger partial charge in [0.15, 0.2) is 5.78 Å². The van der Waals surface area contributed by atoms with Gasteiger partial charge in [-0.25, -0.2) is 4.39 Å². The number of rotatable bonds is 7. The van der Waals surface area contributed by atoms with Gasteiger partial charge in [-0.15, -0.1) is 12.6 Å². The molecule has 1 heterocycles. The molecule has 3 rings (SSSR count). The predicted octanol–water partition coefficient (Wildman–Crippen LogP) is 4.21. The van der Waals surface area contributed by atoms with Crippen LogP contribution in [0.2, 0.25) is 0 Å². The number of hydrogen-bond donors (Lipinski definition) is 3. The molecule has 148 valence electrons. The maximum Gasteiger partial charge on any atom is 0.197 e. The molecule has 0 saturated carbocycles. The van der Waals surface area contributed by atoms with E-state index in [0.29, 0.717) is 22.6 Å². The zero-order chi connectivity index (χ0) is 20.8. The van der Waals surface area contributed by atoms with Crippen molar-refractivity contribution in [1.82, 2.24) is 4.98 Å². The smallest absolute Gasteiger partial charge is 0.197 e. The first-order chi connectivity index (χ1) is 14.0. The van der Waals surface area contributed by atoms with Crippen molar-refractivity contribution in [3.05, 3.63) is 94.9 Å². The Morgan fingerprint density at radius 1 is 1.14 bits per heavy atom. The van der Waals surface area contributed by atoms with E-state index in [-0.39, 0.29) is 16.4 Å². The molecule has 1 atom stereocenters. The van der Waals surface area contributed by atoms with Gasteiger partial charge < -0.3 is 15.8 Å². The number of hydrogen-bond acceptors (Lipinski definition) is 6. The monoisotopic (exact) mass is 409 g/mol. The summed E-state index contributed by atoms with van der Waals surface area (Å²) >= 11 is 4.40. The highest BCUT2D eigenvalue weighted by Crippen LogP contribution is 2.28. The third kappa shape index (κ3) is 4.94. The zero-order valence-electron chi connectivity index (χ0n) is 15.7. The lowest BCUT2D eigenvalue weighted by Crippen LogP contribution is -2.23. The molecule has 2 aromatic carbocycles. The van der Waals surface area contributed by atoms with Crippen LogP contribution in [-0.2, 0) is 4.79 Å². The normalized spacial score (nSPS) is 12.7. The number of carbonyl (C=O) groups excluding carboxylic acids is 1. The van der Waals surface area contributed by atoms with Crippen molar-refractivity contribution in [2.24, 2.45) is 5.73 Å². The number of nitrogens with two attached hydrogens (primary N) is 1. The lowest BCUT2D eigenvalue weighted by molar-refractivity contribution is -0.115. The number of halogens is 1. The quantitative estimate of drug-likeness (QED) is 0.403. The molecule has 5 nitrogen and oxygen atoms in total. The standard InChI is InChI=1S/C22H20FN3O2S/c1-28-18-11-17(12-25-13-18)26-20(15-7-9-16(23)10-8-15)21(27)22(29)19(24)14-5-3-2-4-6-14/h2-13,20,26,29H,24H2,1H3/b22-19-. The summed E-state index contributed by atoms with van der Waals surface area (Å²) in [6.45, 7) is 0. The predicted molar refractivity (Wildman–Crippen MR) is 115 cm³/mol. The molecule has 29 heavy (non-hydrogen) atoms. The van der Waals surface area contributed by atoms with Crippen molar-refractivity contribution in [3.8, 4) is 5.75 Å². The first-order valence-electron chi connectivity index (χ1n) is 8.79. The highest BCUT2D eigenvalue weighted by Gasteiger charge is 2.25. The van der Waals surface area contributed by atoms with Crippen LogP contribution in [0.15, 0.2) is 78.0 Å². The maximum atomic E-state index is 13.4. The van der Waals surface area contributed by atoms with E-state index in [0.717, 1.165) is 0 Å². The molecule has 3 N–H and O–H groups in total. The van der Waals surface area contributed by atoms with Gasteiger partial charge in [0.05, 0.1) is 35.8 Å². The van der Waals surface area contributed by atoms with Gasteiger partial charge in [0.2, 0.25) is 0 Å². The Morgan fingerprint density at radius 3 is 2.48 bits per heavy atom. The number of Topliss-reactive ketones (excluding diaryl/α,β-unsaturated/α-hetero) is 1. The number of nitrogens with one attached hydrogen (secondary N) is 1. The Morgan fingerprint density at radius 2 is 1.83 bits per heavy atom. The van der Waals surface area contributed by atoms with E-state index in [1.165, 1.54) is 31.4 Å². The number of methoxy groups -OCH3 is 1. The SMILES string of the molecule is COc1cncc(NC(C(=O)/C(S)=C(/N)c2ccccc2)c2ccc(F)cc2)c1. The van der Waals surface area contributed by atoms with E-state index < -0.39 is 11.9 Å². The third-order valence-corrected chi connectivity index (χ3v) is 4.76. The lowest BCUT2D eigenvalue weighted by atomic mass is 10.00. The average Bonchev–Trinajstić information content (AvgIpc) is 2.77. The minimum atomic E-state index is -0.848. The van der Waals surface area contributed by atoms with E-state index >= 15 is 0 Å². The number of ketones is 1.